The third kappa shape index (κ3) is 2.15. The van der Waals surface area contributed by atoms with Gasteiger partial charge in [0.15, 0.2) is 0 Å². The van der Waals surface area contributed by atoms with E-state index >= 15 is 0 Å². The van der Waals surface area contributed by atoms with Crippen LogP contribution < -0.4 is 0 Å². The first-order valence-electron chi connectivity index (χ1n) is 4.88. The van der Waals surface area contributed by atoms with Gasteiger partial charge in [0.2, 0.25) is 0 Å². The molecule has 2 aromatic rings. The Morgan fingerprint density at radius 1 is 1.12 bits per heavy atom. The second-order valence-electron chi connectivity index (χ2n) is 3.45. The van der Waals surface area contributed by atoms with Crippen LogP contribution in [0.5, 0.6) is 0 Å². The highest BCUT2D eigenvalue weighted by Crippen LogP contribution is 2.32. The normalized spacial score (nSPS) is 10.2. The molecule has 4 heteroatoms. The summed E-state index contributed by atoms with van der Waals surface area (Å²) in [7, 11) is 0. The zero-order valence-corrected chi connectivity index (χ0v) is 9.41. The van der Waals surface area contributed by atoms with Crippen molar-refractivity contribution in [2.75, 3.05) is 0 Å². The van der Waals surface area contributed by atoms with E-state index in [1.54, 1.807) is 6.07 Å². The van der Waals surface area contributed by atoms with Crippen molar-refractivity contribution in [1.29, 1.82) is 0 Å². The largest absolute Gasteiger partial charge is 0.478 e. The number of halogens is 2. The standard InChI is InChI=1S/C13H8ClFO2/c14-10-6-3-5-9(13(16)17)12(10)8-4-1-2-7-11(8)15/h1-7H,(H,16,17). The minimum Gasteiger partial charge on any atom is -0.478 e. The molecule has 0 aliphatic heterocycles. The number of hydrogen-bond acceptors (Lipinski definition) is 1. The molecule has 2 nitrogen and oxygen atoms in total. The molecule has 0 amide bonds. The average Bonchev–Trinajstić information content (AvgIpc) is 2.30. The van der Waals surface area contributed by atoms with Gasteiger partial charge in [-0.15, -0.1) is 0 Å². The maximum absolute atomic E-state index is 13.6. The van der Waals surface area contributed by atoms with E-state index < -0.39 is 11.8 Å². The molecule has 0 aliphatic rings. The summed E-state index contributed by atoms with van der Waals surface area (Å²) in [5, 5.41) is 9.28. The fourth-order valence-electron chi connectivity index (χ4n) is 1.64. The molecular formula is C13H8ClFO2. The maximum Gasteiger partial charge on any atom is 0.336 e. The van der Waals surface area contributed by atoms with Crippen LogP contribution in [0.1, 0.15) is 10.4 Å². The molecule has 0 heterocycles. The molecule has 0 spiro atoms. The van der Waals surface area contributed by atoms with Crippen LogP contribution >= 0.6 is 11.6 Å². The van der Waals surface area contributed by atoms with E-state index in [9.17, 15) is 9.18 Å². The van der Waals surface area contributed by atoms with Crippen molar-refractivity contribution in [3.05, 3.63) is 58.9 Å². The Balaban J connectivity index is 2.75. The molecule has 0 aliphatic carbocycles. The van der Waals surface area contributed by atoms with E-state index in [0.29, 0.717) is 0 Å². The number of rotatable bonds is 2. The van der Waals surface area contributed by atoms with Gasteiger partial charge in [-0.05, 0) is 18.2 Å². The molecular weight excluding hydrogens is 243 g/mol. The summed E-state index contributed by atoms with van der Waals surface area (Å²) in [5.41, 5.74) is 0.387. The minimum absolute atomic E-state index is 0.0115. The summed E-state index contributed by atoms with van der Waals surface area (Å²) in [6.45, 7) is 0. The maximum atomic E-state index is 13.6. The van der Waals surface area contributed by atoms with Crippen LogP contribution in [-0.2, 0) is 0 Å². The van der Waals surface area contributed by atoms with Crippen molar-refractivity contribution in [3.8, 4) is 11.1 Å². The van der Waals surface area contributed by atoms with Gasteiger partial charge in [0.05, 0.1) is 5.56 Å². The zero-order valence-electron chi connectivity index (χ0n) is 8.65. The van der Waals surface area contributed by atoms with Crippen LogP contribution in [0.3, 0.4) is 0 Å². The van der Waals surface area contributed by atoms with Crippen molar-refractivity contribution in [2.24, 2.45) is 0 Å². The van der Waals surface area contributed by atoms with E-state index in [0.717, 1.165) is 0 Å². The van der Waals surface area contributed by atoms with Gasteiger partial charge < -0.3 is 5.11 Å². The first-order valence-corrected chi connectivity index (χ1v) is 5.26. The quantitative estimate of drug-likeness (QED) is 0.879. The Bertz CT molecular complexity index is 581. The van der Waals surface area contributed by atoms with Gasteiger partial charge in [-0.2, -0.15) is 0 Å². The molecule has 2 rings (SSSR count). The topological polar surface area (TPSA) is 37.3 Å². The Hall–Kier alpha value is -1.87. The van der Waals surface area contributed by atoms with Gasteiger partial charge in [-0.1, -0.05) is 35.9 Å². The zero-order chi connectivity index (χ0) is 12.4. The van der Waals surface area contributed by atoms with Gasteiger partial charge in [-0.3, -0.25) is 0 Å². The van der Waals surface area contributed by atoms with Gasteiger partial charge in [0.1, 0.15) is 5.82 Å². The lowest BCUT2D eigenvalue weighted by atomic mass is 9.99. The van der Waals surface area contributed by atoms with Crippen molar-refractivity contribution in [2.45, 2.75) is 0 Å². The van der Waals surface area contributed by atoms with Crippen LogP contribution in [0.2, 0.25) is 5.02 Å². The van der Waals surface area contributed by atoms with E-state index in [1.165, 1.54) is 36.4 Å². The Kier molecular flexibility index (Phi) is 3.11. The van der Waals surface area contributed by atoms with Crippen molar-refractivity contribution >= 4 is 17.6 Å². The molecule has 0 saturated carbocycles. The highest BCUT2D eigenvalue weighted by molar-refractivity contribution is 6.34. The van der Waals surface area contributed by atoms with Crippen LogP contribution in [-0.4, -0.2) is 11.1 Å². The molecule has 0 fully saturated rings. The van der Waals surface area contributed by atoms with Crippen LogP contribution in [0, 0.1) is 5.82 Å². The van der Waals surface area contributed by atoms with Crippen molar-refractivity contribution in [1.82, 2.24) is 0 Å². The minimum atomic E-state index is -1.13. The summed E-state index contributed by atoms with van der Waals surface area (Å²) in [6.07, 6.45) is 0. The number of hydrogen-bond donors (Lipinski definition) is 1. The van der Waals surface area contributed by atoms with Gasteiger partial charge in [-0.25, -0.2) is 9.18 Å². The van der Waals surface area contributed by atoms with Gasteiger partial charge >= 0.3 is 5.97 Å². The molecule has 0 unspecified atom stereocenters. The number of benzene rings is 2. The third-order valence-corrected chi connectivity index (χ3v) is 2.70. The molecule has 1 N–H and O–H groups in total. The number of carbonyl (C=O) groups is 1. The molecule has 0 radical (unpaired) electrons. The Morgan fingerprint density at radius 2 is 1.82 bits per heavy atom. The number of carboxylic acids is 1. The fourth-order valence-corrected chi connectivity index (χ4v) is 1.92. The van der Waals surface area contributed by atoms with Crippen LogP contribution in [0.15, 0.2) is 42.5 Å². The molecule has 86 valence electrons. The Morgan fingerprint density at radius 3 is 2.47 bits per heavy atom. The predicted octanol–water partition coefficient (Wildman–Crippen LogP) is 3.84. The number of carboxylic acid groups (broad SMARTS) is 1. The summed E-state index contributed by atoms with van der Waals surface area (Å²) in [5.74, 6) is -1.63. The summed E-state index contributed by atoms with van der Waals surface area (Å²) >= 11 is 5.95. The van der Waals surface area contributed by atoms with Gasteiger partial charge in [0, 0.05) is 16.1 Å². The third-order valence-electron chi connectivity index (χ3n) is 2.39. The van der Waals surface area contributed by atoms with Crippen LogP contribution in [0.25, 0.3) is 11.1 Å². The molecule has 0 aromatic heterocycles. The lowest BCUT2D eigenvalue weighted by Gasteiger charge is -2.09. The summed E-state index contributed by atoms with van der Waals surface area (Å²) in [4.78, 5) is 11.1. The van der Waals surface area contributed by atoms with Crippen molar-refractivity contribution in [3.63, 3.8) is 0 Å². The lowest BCUT2D eigenvalue weighted by Crippen LogP contribution is -2.00. The first-order chi connectivity index (χ1) is 8.11. The second-order valence-corrected chi connectivity index (χ2v) is 3.85. The molecule has 0 atom stereocenters. The SMILES string of the molecule is O=C(O)c1cccc(Cl)c1-c1ccccc1F. The second kappa shape index (κ2) is 4.55. The highest BCUT2D eigenvalue weighted by atomic mass is 35.5. The first kappa shape index (κ1) is 11.6. The van der Waals surface area contributed by atoms with E-state index in [2.05, 4.69) is 0 Å². The fraction of sp³-hybridized carbons (Fsp3) is 0. The highest BCUT2D eigenvalue weighted by Gasteiger charge is 2.17. The molecule has 17 heavy (non-hydrogen) atoms. The van der Waals surface area contributed by atoms with E-state index in [-0.39, 0.29) is 21.7 Å². The summed E-state index contributed by atoms with van der Waals surface area (Å²) < 4.78 is 13.6. The van der Waals surface area contributed by atoms with E-state index in [1.807, 2.05) is 0 Å². The molecule has 0 bridgehead atoms. The Labute approximate surface area is 102 Å². The lowest BCUT2D eigenvalue weighted by molar-refractivity contribution is 0.0697. The average molecular weight is 251 g/mol. The van der Waals surface area contributed by atoms with Gasteiger partial charge in [0.25, 0.3) is 0 Å². The molecule has 0 saturated heterocycles. The summed E-state index contributed by atoms with van der Waals surface area (Å²) in [6, 6.07) is 10.4. The van der Waals surface area contributed by atoms with Crippen LogP contribution in [0.4, 0.5) is 4.39 Å². The van der Waals surface area contributed by atoms with Crippen molar-refractivity contribution < 1.29 is 14.3 Å². The smallest absolute Gasteiger partial charge is 0.336 e. The predicted molar refractivity (Wildman–Crippen MR) is 63.8 cm³/mol. The molecule has 2 aromatic carbocycles. The number of aromatic carboxylic acids is 1. The monoisotopic (exact) mass is 250 g/mol. The van der Waals surface area contributed by atoms with E-state index in [4.69, 9.17) is 16.7 Å².